The van der Waals surface area contributed by atoms with Crippen LogP contribution in [0.3, 0.4) is 0 Å². The van der Waals surface area contributed by atoms with Crippen LogP contribution in [0.15, 0.2) is 0 Å². The summed E-state index contributed by atoms with van der Waals surface area (Å²) in [6, 6.07) is 0. The zero-order chi connectivity index (χ0) is 13.0. The van der Waals surface area contributed by atoms with Crippen molar-refractivity contribution in [1.29, 1.82) is 0 Å². The topological polar surface area (TPSA) is 40.6 Å². The van der Waals surface area contributed by atoms with Crippen LogP contribution in [-0.2, 0) is 75.8 Å². The van der Waals surface area contributed by atoms with Crippen molar-refractivity contribution in [2.24, 2.45) is 0 Å². The number of hydrogen-bond donors (Lipinski definition) is 0. The third kappa shape index (κ3) is 31.3. The molecule has 0 rings (SSSR count). The van der Waals surface area contributed by atoms with E-state index in [1.165, 1.54) is 0 Å². The van der Waals surface area contributed by atoms with Gasteiger partial charge in [0.1, 0.15) is 0 Å². The van der Waals surface area contributed by atoms with Gasteiger partial charge >= 0.3 is 25.3 Å². The van der Waals surface area contributed by atoms with Crippen LogP contribution in [0.4, 0.5) is 0 Å². The van der Waals surface area contributed by atoms with Crippen LogP contribution >= 0.6 is 0 Å². The van der Waals surface area contributed by atoms with Crippen molar-refractivity contribution in [3.8, 4) is 0 Å². The first-order valence-corrected chi connectivity index (χ1v) is 7.11. The molecule has 0 aromatic heterocycles. The molecule has 0 amide bonds. The van der Waals surface area contributed by atoms with Crippen molar-refractivity contribution in [3.63, 3.8) is 0 Å². The zero-order valence-corrected chi connectivity index (χ0v) is 14.2. The Morgan fingerprint density at radius 3 is 0.867 bits per heavy atom. The number of rotatable bonds is 2. The van der Waals surface area contributed by atoms with Gasteiger partial charge in [-0.1, -0.05) is 0 Å². The second kappa shape index (κ2) is 15.6. The Morgan fingerprint density at radius 1 is 0.800 bits per heavy atom. The summed E-state index contributed by atoms with van der Waals surface area (Å²) in [7, 11) is 7.46. The Hall–Kier alpha value is 1.61. The fourth-order valence-corrected chi connectivity index (χ4v) is 0. The fourth-order valence-electron chi connectivity index (χ4n) is 0. The third-order valence-electron chi connectivity index (χ3n) is 0.843. The standard InChI is InChI=1S/2C3H9NS2.Mo.2O/c2*1-4(2)3(5)6;;;/h2*3,5-6H,1-2H3;;;/p-4. The van der Waals surface area contributed by atoms with Gasteiger partial charge in [0.2, 0.25) is 0 Å². The van der Waals surface area contributed by atoms with Crippen LogP contribution in [0.5, 0.6) is 0 Å². The van der Waals surface area contributed by atoms with E-state index in [0.29, 0.717) is 0 Å². The van der Waals surface area contributed by atoms with E-state index in [1.807, 2.05) is 28.2 Å². The van der Waals surface area contributed by atoms with Gasteiger partial charge in [0, 0.05) is 0 Å². The summed E-state index contributed by atoms with van der Waals surface area (Å²) in [6.07, 6.45) is 0. The van der Waals surface area contributed by atoms with E-state index in [4.69, 9.17) is 6.80 Å². The van der Waals surface area contributed by atoms with Crippen molar-refractivity contribution in [2.45, 2.75) is 9.41 Å². The summed E-state index contributed by atoms with van der Waals surface area (Å²) in [5.74, 6) is 0. The molecule has 0 aromatic rings. The van der Waals surface area contributed by atoms with Gasteiger partial charge in [-0.15, -0.1) is 0 Å². The zero-order valence-electron chi connectivity index (χ0n) is 8.91. The molecule has 0 aliphatic carbocycles. The molecule has 0 aromatic carbocycles. The van der Waals surface area contributed by atoms with Crippen molar-refractivity contribution >= 4 is 50.5 Å². The number of nitrogens with zero attached hydrogens (tertiary/aromatic N) is 2. The molecule has 15 heavy (non-hydrogen) atoms. The Kier molecular flexibility index (Phi) is 22.7. The minimum absolute atomic E-state index is 0.148. The molecule has 0 heterocycles. The molecular weight excluding hydrogens is 356 g/mol. The summed E-state index contributed by atoms with van der Waals surface area (Å²) in [4.78, 5) is 3.59. The molecule has 94 valence electrons. The maximum atomic E-state index is 8.50. The monoisotopic (exact) mass is 372 g/mol. The van der Waals surface area contributed by atoms with Crippen molar-refractivity contribution in [3.05, 3.63) is 0 Å². The molecule has 9 heteroatoms. The Bertz CT molecular complexity index is 139. The number of hydrogen-bond acceptors (Lipinski definition) is 8. The van der Waals surface area contributed by atoms with Gasteiger partial charge in [0.15, 0.2) is 0 Å². The molecule has 0 radical (unpaired) electrons. The fraction of sp³-hybridized carbons (Fsp3) is 1.00. The normalized spacial score (nSPS) is 9.60. The Labute approximate surface area is 122 Å². The van der Waals surface area contributed by atoms with Crippen LogP contribution in [0, 0.1) is 0 Å². The van der Waals surface area contributed by atoms with Crippen molar-refractivity contribution in [1.82, 2.24) is 9.80 Å². The van der Waals surface area contributed by atoms with Gasteiger partial charge in [-0.3, -0.25) is 0 Å². The Morgan fingerprint density at radius 2 is 0.867 bits per heavy atom. The van der Waals surface area contributed by atoms with Gasteiger partial charge in [0.05, 0.1) is 0 Å². The van der Waals surface area contributed by atoms with Gasteiger partial charge < -0.3 is 60.3 Å². The molecule has 0 saturated heterocycles. The van der Waals surface area contributed by atoms with E-state index in [0.717, 1.165) is 0 Å². The average molecular weight is 370 g/mol. The molecule has 0 aliphatic heterocycles. The van der Waals surface area contributed by atoms with Crippen LogP contribution in [0.2, 0.25) is 0 Å². The molecule has 0 fully saturated rings. The predicted octanol–water partition coefficient (Wildman–Crippen LogP) is -0.389. The first kappa shape index (κ1) is 21.8. The molecule has 0 saturated carbocycles. The quantitative estimate of drug-likeness (QED) is 0.481. The molecule has 0 unspecified atom stereocenters. The first-order valence-electron chi connectivity index (χ1n) is 3.58. The Balaban J connectivity index is -0.000000153. The molecule has 0 atom stereocenters. The molecule has 0 spiro atoms. The van der Waals surface area contributed by atoms with Crippen LogP contribution < -0.4 is 0 Å². The van der Waals surface area contributed by atoms with Crippen molar-refractivity contribution in [2.75, 3.05) is 28.2 Å². The summed E-state index contributed by atoms with van der Waals surface area (Å²) in [5, 5.41) is 0. The average Bonchev–Trinajstić information content (AvgIpc) is 2.06. The minimum atomic E-state index is -2.03. The van der Waals surface area contributed by atoms with E-state index in [1.54, 1.807) is 9.80 Å². The van der Waals surface area contributed by atoms with Crippen LogP contribution in [0.1, 0.15) is 0 Å². The predicted molar refractivity (Wildman–Crippen MR) is 65.8 cm³/mol. The van der Waals surface area contributed by atoms with E-state index >= 15 is 0 Å². The van der Waals surface area contributed by atoms with E-state index in [2.05, 4.69) is 50.5 Å². The van der Waals surface area contributed by atoms with E-state index in [9.17, 15) is 0 Å². The second-order valence-electron chi connectivity index (χ2n) is 2.61. The van der Waals surface area contributed by atoms with Crippen LogP contribution in [-0.4, -0.2) is 47.4 Å². The third-order valence-corrected chi connectivity index (χ3v) is 2.53. The van der Waals surface area contributed by atoms with Gasteiger partial charge in [0.25, 0.3) is 0 Å². The second-order valence-corrected chi connectivity index (χ2v) is 5.33. The van der Waals surface area contributed by atoms with Gasteiger partial charge in [-0.25, -0.2) is 9.41 Å². The summed E-state index contributed by atoms with van der Waals surface area (Å²) in [6.45, 7) is 0. The van der Waals surface area contributed by atoms with Crippen LogP contribution in [0.25, 0.3) is 0 Å². The van der Waals surface area contributed by atoms with E-state index in [-0.39, 0.29) is 9.41 Å². The van der Waals surface area contributed by atoms with Gasteiger partial charge in [-0.2, -0.15) is 0 Å². The molecular formula is C6H14MoN2O2S4-4. The molecule has 0 N–H and O–H groups in total. The molecule has 0 aliphatic rings. The maximum absolute atomic E-state index is 8.50. The van der Waals surface area contributed by atoms with Gasteiger partial charge in [-0.05, 0) is 28.2 Å². The summed E-state index contributed by atoms with van der Waals surface area (Å²) >= 11 is 16.5. The molecule has 4 nitrogen and oxygen atoms in total. The summed E-state index contributed by atoms with van der Waals surface area (Å²) < 4.78 is 16.7. The molecule has 0 bridgehead atoms. The summed E-state index contributed by atoms with van der Waals surface area (Å²) in [5.41, 5.74) is 0. The van der Waals surface area contributed by atoms with Crippen molar-refractivity contribution < 1.29 is 25.3 Å². The first-order chi connectivity index (χ1) is 6.70. The SMILES string of the molecule is CN(C)C([S-])[S-].CN(C)C([S-])[S-].[O]=[Mo]=[O]. The van der Waals surface area contributed by atoms with E-state index < -0.39 is 18.5 Å².